The number of benzene rings is 2. The van der Waals surface area contributed by atoms with E-state index in [2.05, 4.69) is 15.2 Å². The molecule has 3 aromatic rings. The standard InChI is InChI=1S/C26H28N4O2/c27-23(25-15-22(25)17-30(18-25)16-19-11-13-28-14-12-19)29-24(31)26(32,20-7-3-1-4-8-20)21-9-5-2-6-10-21/h1-14,22-23,32H,15-18,27H2,(H,29,31). The van der Waals surface area contributed by atoms with Crippen LogP contribution in [0, 0.1) is 11.3 Å². The molecule has 6 heteroatoms. The number of nitrogens with two attached hydrogens (primary N) is 1. The summed E-state index contributed by atoms with van der Waals surface area (Å²) < 4.78 is 0. The highest BCUT2D eigenvalue weighted by Crippen LogP contribution is 2.59. The Hall–Kier alpha value is -3.06. The van der Waals surface area contributed by atoms with Gasteiger partial charge in [-0.1, -0.05) is 60.7 Å². The zero-order chi connectivity index (χ0) is 22.2. The summed E-state index contributed by atoms with van der Waals surface area (Å²) in [7, 11) is 0. The predicted molar refractivity (Wildman–Crippen MR) is 122 cm³/mol. The van der Waals surface area contributed by atoms with Gasteiger partial charge in [-0.05, 0) is 41.2 Å². The second-order valence-corrected chi connectivity index (χ2v) is 9.05. The molecule has 3 atom stereocenters. The minimum absolute atomic E-state index is 0.142. The molecule has 5 rings (SSSR count). The van der Waals surface area contributed by atoms with Crippen molar-refractivity contribution in [3.63, 3.8) is 0 Å². The minimum atomic E-state index is -1.81. The monoisotopic (exact) mass is 428 g/mol. The number of carbonyl (C=O) groups is 1. The highest BCUT2D eigenvalue weighted by Gasteiger charge is 2.63. The van der Waals surface area contributed by atoms with Crippen LogP contribution < -0.4 is 11.1 Å². The zero-order valence-corrected chi connectivity index (χ0v) is 17.9. The number of nitrogens with one attached hydrogen (secondary N) is 1. The number of hydrogen-bond donors (Lipinski definition) is 3. The summed E-state index contributed by atoms with van der Waals surface area (Å²) >= 11 is 0. The topological polar surface area (TPSA) is 91.5 Å². The van der Waals surface area contributed by atoms with Crippen LogP contribution in [0.15, 0.2) is 85.2 Å². The molecule has 1 aromatic heterocycles. The Morgan fingerprint density at radius 3 is 2.28 bits per heavy atom. The molecular formula is C26H28N4O2. The summed E-state index contributed by atoms with van der Waals surface area (Å²) in [6.07, 6.45) is 4.08. The molecule has 0 bridgehead atoms. The number of carbonyl (C=O) groups excluding carboxylic acids is 1. The van der Waals surface area contributed by atoms with Gasteiger partial charge in [-0.15, -0.1) is 0 Å². The third-order valence-electron chi connectivity index (χ3n) is 7.05. The first-order valence-electron chi connectivity index (χ1n) is 11.0. The fourth-order valence-corrected chi connectivity index (χ4v) is 5.16. The van der Waals surface area contributed by atoms with Crippen LogP contribution in [0.4, 0.5) is 0 Å². The number of rotatable bonds is 7. The van der Waals surface area contributed by atoms with Gasteiger partial charge >= 0.3 is 0 Å². The Kier molecular flexibility index (Phi) is 5.29. The molecule has 3 unspecified atom stereocenters. The average Bonchev–Trinajstić information content (AvgIpc) is 3.42. The molecule has 164 valence electrons. The van der Waals surface area contributed by atoms with Crippen molar-refractivity contribution >= 4 is 5.91 Å². The molecule has 4 N–H and O–H groups in total. The lowest BCUT2D eigenvalue weighted by Crippen LogP contribution is -2.56. The third kappa shape index (κ3) is 3.60. The fraction of sp³-hybridized carbons (Fsp3) is 0.308. The first kappa shape index (κ1) is 20.8. The number of aromatic nitrogens is 1. The van der Waals surface area contributed by atoms with Crippen molar-refractivity contribution in [2.45, 2.75) is 24.7 Å². The van der Waals surface area contributed by atoms with Gasteiger partial charge in [0, 0.05) is 37.4 Å². The second kappa shape index (κ2) is 8.13. The molecule has 0 spiro atoms. The zero-order valence-electron chi connectivity index (χ0n) is 17.9. The van der Waals surface area contributed by atoms with Crippen molar-refractivity contribution in [2.24, 2.45) is 17.1 Å². The molecule has 2 heterocycles. The number of piperidine rings is 1. The summed E-state index contributed by atoms with van der Waals surface area (Å²) in [6.45, 7) is 2.64. The molecule has 1 aliphatic heterocycles. The quantitative estimate of drug-likeness (QED) is 0.502. The van der Waals surface area contributed by atoms with E-state index in [0.717, 1.165) is 26.1 Å². The maximum absolute atomic E-state index is 13.5. The van der Waals surface area contributed by atoms with E-state index in [-0.39, 0.29) is 5.41 Å². The van der Waals surface area contributed by atoms with Crippen LogP contribution in [0.3, 0.4) is 0 Å². The Bertz CT molecular complexity index is 1040. The van der Waals surface area contributed by atoms with Crippen molar-refractivity contribution in [1.29, 1.82) is 0 Å². The SMILES string of the molecule is NC(NC(=O)C(O)(c1ccccc1)c1ccccc1)C12CC1CN(Cc1ccncc1)C2. The van der Waals surface area contributed by atoms with Gasteiger partial charge < -0.3 is 16.2 Å². The van der Waals surface area contributed by atoms with Gasteiger partial charge in [-0.3, -0.25) is 14.7 Å². The summed E-state index contributed by atoms with van der Waals surface area (Å²) in [5.74, 6) is -0.0313. The van der Waals surface area contributed by atoms with Gasteiger partial charge in [0.15, 0.2) is 5.60 Å². The van der Waals surface area contributed by atoms with Crippen LogP contribution >= 0.6 is 0 Å². The Morgan fingerprint density at radius 1 is 1.09 bits per heavy atom. The number of amides is 1. The molecule has 32 heavy (non-hydrogen) atoms. The van der Waals surface area contributed by atoms with E-state index in [9.17, 15) is 9.90 Å². The predicted octanol–water partition coefficient (Wildman–Crippen LogP) is 2.24. The molecule has 2 aromatic carbocycles. The van der Waals surface area contributed by atoms with E-state index in [1.807, 2.05) is 60.9 Å². The molecule has 0 radical (unpaired) electrons. The van der Waals surface area contributed by atoms with E-state index >= 15 is 0 Å². The Morgan fingerprint density at radius 2 is 1.69 bits per heavy atom. The first-order chi connectivity index (χ1) is 15.5. The van der Waals surface area contributed by atoms with Crippen molar-refractivity contribution in [3.05, 3.63) is 102 Å². The van der Waals surface area contributed by atoms with Crippen LogP contribution in [-0.4, -0.2) is 40.2 Å². The van der Waals surface area contributed by atoms with Crippen molar-refractivity contribution in [3.8, 4) is 0 Å². The lowest BCUT2D eigenvalue weighted by Gasteiger charge is -2.32. The molecular weight excluding hydrogens is 400 g/mol. The number of fused-ring (bicyclic) bond motifs is 1. The van der Waals surface area contributed by atoms with E-state index in [0.29, 0.717) is 17.0 Å². The third-order valence-corrected chi connectivity index (χ3v) is 7.05. The van der Waals surface area contributed by atoms with Crippen LogP contribution in [0.2, 0.25) is 0 Å². The highest BCUT2D eigenvalue weighted by molar-refractivity contribution is 5.90. The van der Waals surface area contributed by atoms with Crippen LogP contribution in [-0.2, 0) is 16.9 Å². The van der Waals surface area contributed by atoms with Crippen LogP contribution in [0.1, 0.15) is 23.1 Å². The van der Waals surface area contributed by atoms with E-state index in [1.165, 1.54) is 5.56 Å². The lowest BCUT2D eigenvalue weighted by molar-refractivity contribution is -0.138. The summed E-state index contributed by atoms with van der Waals surface area (Å²) in [5.41, 5.74) is 6.89. The number of hydrogen-bond acceptors (Lipinski definition) is 5. The smallest absolute Gasteiger partial charge is 0.262 e. The fourth-order valence-electron chi connectivity index (χ4n) is 5.16. The molecule has 1 amide bonds. The minimum Gasteiger partial charge on any atom is -0.372 e. The van der Waals surface area contributed by atoms with Gasteiger partial charge in [0.25, 0.3) is 5.91 Å². The highest BCUT2D eigenvalue weighted by atomic mass is 16.3. The molecule has 1 saturated carbocycles. The largest absolute Gasteiger partial charge is 0.372 e. The van der Waals surface area contributed by atoms with Gasteiger partial charge in [0.2, 0.25) is 0 Å². The summed E-state index contributed by atoms with van der Waals surface area (Å²) in [5, 5.41) is 14.7. The second-order valence-electron chi connectivity index (χ2n) is 9.05. The maximum atomic E-state index is 13.5. The number of pyridine rings is 1. The van der Waals surface area contributed by atoms with Crippen molar-refractivity contribution < 1.29 is 9.90 Å². The maximum Gasteiger partial charge on any atom is 0.262 e. The molecule has 6 nitrogen and oxygen atoms in total. The van der Waals surface area contributed by atoms with Gasteiger partial charge in [0.1, 0.15) is 0 Å². The normalized spacial score (nSPS) is 23.4. The van der Waals surface area contributed by atoms with E-state index < -0.39 is 17.7 Å². The number of aliphatic hydroxyl groups is 1. The van der Waals surface area contributed by atoms with Crippen molar-refractivity contribution in [1.82, 2.24) is 15.2 Å². The molecule has 2 aliphatic rings. The number of nitrogens with zero attached hydrogens (tertiary/aromatic N) is 2. The van der Waals surface area contributed by atoms with Crippen LogP contribution in [0.5, 0.6) is 0 Å². The van der Waals surface area contributed by atoms with E-state index in [1.54, 1.807) is 24.3 Å². The summed E-state index contributed by atoms with van der Waals surface area (Å²) in [6, 6.07) is 22.1. The average molecular weight is 429 g/mol. The van der Waals surface area contributed by atoms with E-state index in [4.69, 9.17) is 5.73 Å². The molecule has 1 saturated heterocycles. The molecule has 2 fully saturated rings. The summed E-state index contributed by atoms with van der Waals surface area (Å²) in [4.78, 5) is 20.0. The Balaban J connectivity index is 1.33. The van der Waals surface area contributed by atoms with Crippen LogP contribution in [0.25, 0.3) is 0 Å². The Labute approximate surface area is 188 Å². The number of likely N-dealkylation sites (tertiary alicyclic amines) is 1. The van der Waals surface area contributed by atoms with Gasteiger partial charge in [-0.2, -0.15) is 0 Å². The van der Waals surface area contributed by atoms with Gasteiger partial charge in [0.05, 0.1) is 6.17 Å². The molecule has 1 aliphatic carbocycles. The van der Waals surface area contributed by atoms with Crippen molar-refractivity contribution in [2.75, 3.05) is 13.1 Å². The first-order valence-corrected chi connectivity index (χ1v) is 11.0. The van der Waals surface area contributed by atoms with Gasteiger partial charge in [-0.25, -0.2) is 0 Å². The lowest BCUT2D eigenvalue weighted by atomic mass is 9.85.